The predicted molar refractivity (Wildman–Crippen MR) is 119 cm³/mol. The Labute approximate surface area is 173 Å². The summed E-state index contributed by atoms with van der Waals surface area (Å²) < 4.78 is 0. The van der Waals surface area contributed by atoms with Crippen molar-refractivity contribution >= 4 is 23.0 Å². The van der Waals surface area contributed by atoms with Gasteiger partial charge in [-0.15, -0.1) is 0 Å². The van der Waals surface area contributed by atoms with Crippen LogP contribution in [0.5, 0.6) is 0 Å². The first-order valence-electron chi connectivity index (χ1n) is 10.6. The minimum absolute atomic E-state index is 0.114. The van der Waals surface area contributed by atoms with Gasteiger partial charge in [0.15, 0.2) is 0 Å². The summed E-state index contributed by atoms with van der Waals surface area (Å²) in [6, 6.07) is 10.1. The molecule has 154 valence electrons. The van der Waals surface area contributed by atoms with E-state index in [0.29, 0.717) is 5.56 Å². The molecule has 1 N–H and O–H groups in total. The molecule has 6 nitrogen and oxygen atoms in total. The Morgan fingerprint density at radius 3 is 2.28 bits per heavy atom. The van der Waals surface area contributed by atoms with Crippen LogP contribution in [0, 0.1) is 5.92 Å². The van der Waals surface area contributed by atoms with Crippen LogP contribution in [0.15, 0.2) is 42.7 Å². The van der Waals surface area contributed by atoms with Gasteiger partial charge in [-0.05, 0) is 56.1 Å². The Morgan fingerprint density at radius 2 is 1.59 bits per heavy atom. The molecule has 1 aromatic heterocycles. The van der Waals surface area contributed by atoms with Crippen molar-refractivity contribution in [2.45, 2.75) is 19.8 Å². The molecule has 2 fully saturated rings. The summed E-state index contributed by atoms with van der Waals surface area (Å²) in [5.41, 5.74) is 3.66. The van der Waals surface area contributed by atoms with Gasteiger partial charge in [-0.1, -0.05) is 6.92 Å². The number of benzene rings is 1. The van der Waals surface area contributed by atoms with E-state index in [9.17, 15) is 4.79 Å². The minimum Gasteiger partial charge on any atom is -0.370 e. The average molecular weight is 394 g/mol. The van der Waals surface area contributed by atoms with Gasteiger partial charge in [0.05, 0.1) is 17.4 Å². The number of piperazine rings is 1. The summed E-state index contributed by atoms with van der Waals surface area (Å²) in [7, 11) is 2.16. The van der Waals surface area contributed by atoms with Gasteiger partial charge in [-0.3, -0.25) is 9.78 Å². The zero-order valence-electron chi connectivity index (χ0n) is 17.5. The highest BCUT2D eigenvalue weighted by molar-refractivity contribution is 6.04. The van der Waals surface area contributed by atoms with Gasteiger partial charge in [0.1, 0.15) is 0 Å². The van der Waals surface area contributed by atoms with Gasteiger partial charge in [-0.2, -0.15) is 0 Å². The first-order valence-corrected chi connectivity index (χ1v) is 10.6. The molecule has 0 aliphatic carbocycles. The van der Waals surface area contributed by atoms with Gasteiger partial charge in [0, 0.05) is 56.8 Å². The number of pyridine rings is 1. The molecule has 2 aliphatic rings. The van der Waals surface area contributed by atoms with Gasteiger partial charge in [0.2, 0.25) is 0 Å². The van der Waals surface area contributed by atoms with Crippen LogP contribution in [0.1, 0.15) is 30.1 Å². The second kappa shape index (κ2) is 8.82. The largest absolute Gasteiger partial charge is 0.370 e. The predicted octanol–water partition coefficient (Wildman–Crippen LogP) is 3.32. The summed E-state index contributed by atoms with van der Waals surface area (Å²) in [5.74, 6) is 0.664. The highest BCUT2D eigenvalue weighted by atomic mass is 16.1. The number of piperidine rings is 1. The smallest absolute Gasteiger partial charge is 0.257 e. The Kier molecular flexibility index (Phi) is 6.00. The fourth-order valence-corrected chi connectivity index (χ4v) is 4.02. The van der Waals surface area contributed by atoms with Gasteiger partial charge >= 0.3 is 0 Å². The van der Waals surface area contributed by atoms with Crippen molar-refractivity contribution in [1.29, 1.82) is 0 Å². The van der Waals surface area contributed by atoms with Crippen LogP contribution >= 0.6 is 0 Å². The maximum atomic E-state index is 12.7. The van der Waals surface area contributed by atoms with Crippen LogP contribution < -0.4 is 15.1 Å². The third kappa shape index (κ3) is 4.88. The summed E-state index contributed by atoms with van der Waals surface area (Å²) in [5, 5.41) is 3.01. The molecule has 0 unspecified atom stereocenters. The van der Waals surface area contributed by atoms with Crippen LogP contribution in [-0.2, 0) is 0 Å². The lowest BCUT2D eigenvalue weighted by Crippen LogP contribution is -2.44. The van der Waals surface area contributed by atoms with Crippen LogP contribution in [0.2, 0.25) is 0 Å². The molecule has 0 atom stereocenters. The molecule has 2 aromatic rings. The van der Waals surface area contributed by atoms with E-state index in [1.54, 1.807) is 6.20 Å². The van der Waals surface area contributed by atoms with Crippen LogP contribution in [-0.4, -0.2) is 62.1 Å². The number of hydrogen-bond acceptors (Lipinski definition) is 5. The molecule has 0 saturated carbocycles. The fraction of sp³-hybridized carbons (Fsp3) is 0.478. The lowest BCUT2D eigenvalue weighted by molar-refractivity contribution is 0.102. The molecule has 29 heavy (non-hydrogen) atoms. The number of aromatic nitrogens is 1. The third-order valence-electron chi connectivity index (χ3n) is 6.13. The van der Waals surface area contributed by atoms with Gasteiger partial charge in [-0.25, -0.2) is 0 Å². The quantitative estimate of drug-likeness (QED) is 0.864. The lowest BCUT2D eigenvalue weighted by atomic mass is 9.99. The SMILES string of the molecule is CC1CCN(c2cncc(C(=O)Nc3ccc(N4CCN(C)CC4)cc3)c2)CC1. The number of amides is 1. The van der Waals surface area contributed by atoms with Crippen molar-refractivity contribution in [2.24, 2.45) is 5.92 Å². The minimum atomic E-state index is -0.114. The van der Waals surface area contributed by atoms with Crippen molar-refractivity contribution in [3.8, 4) is 0 Å². The van der Waals surface area contributed by atoms with E-state index in [2.05, 4.69) is 51.1 Å². The van der Waals surface area contributed by atoms with Gasteiger partial charge in [0.25, 0.3) is 5.91 Å². The van der Waals surface area contributed by atoms with E-state index in [1.807, 2.05) is 24.4 Å². The normalized spacial score (nSPS) is 18.7. The summed E-state index contributed by atoms with van der Waals surface area (Å²) in [4.78, 5) is 24.1. The first kappa shape index (κ1) is 19.7. The Balaban J connectivity index is 1.38. The molecule has 2 saturated heterocycles. The standard InChI is InChI=1S/C23H31N5O/c1-18-7-9-27(10-8-18)22-15-19(16-24-17-22)23(29)25-20-3-5-21(6-4-20)28-13-11-26(2)12-14-28/h3-6,15-18H,7-14H2,1-2H3,(H,25,29). The summed E-state index contributed by atoms with van der Waals surface area (Å²) >= 11 is 0. The van der Waals surface area contributed by atoms with E-state index in [-0.39, 0.29) is 5.91 Å². The number of carbonyl (C=O) groups excluding carboxylic acids is 1. The second-order valence-corrected chi connectivity index (χ2v) is 8.39. The number of hydrogen-bond donors (Lipinski definition) is 1. The van der Waals surface area contributed by atoms with Crippen molar-refractivity contribution in [3.05, 3.63) is 48.3 Å². The molecule has 0 spiro atoms. The third-order valence-corrected chi connectivity index (χ3v) is 6.13. The molecule has 0 radical (unpaired) electrons. The molecular formula is C23H31N5O. The van der Waals surface area contributed by atoms with Crippen molar-refractivity contribution < 1.29 is 4.79 Å². The average Bonchev–Trinajstić information content (AvgIpc) is 2.75. The highest BCUT2D eigenvalue weighted by Gasteiger charge is 2.18. The van der Waals surface area contributed by atoms with E-state index in [0.717, 1.165) is 56.6 Å². The van der Waals surface area contributed by atoms with Crippen molar-refractivity contribution in [3.63, 3.8) is 0 Å². The molecule has 1 aromatic carbocycles. The number of nitrogens with zero attached hydrogens (tertiary/aromatic N) is 4. The Morgan fingerprint density at radius 1 is 0.931 bits per heavy atom. The van der Waals surface area contributed by atoms with E-state index < -0.39 is 0 Å². The van der Waals surface area contributed by atoms with Crippen molar-refractivity contribution in [2.75, 3.05) is 61.4 Å². The molecule has 3 heterocycles. The molecule has 1 amide bonds. The fourth-order valence-electron chi connectivity index (χ4n) is 4.02. The monoisotopic (exact) mass is 393 g/mol. The van der Waals surface area contributed by atoms with Gasteiger partial charge < -0.3 is 20.0 Å². The summed E-state index contributed by atoms with van der Waals surface area (Å²) in [6.45, 7) is 8.60. The molecule has 6 heteroatoms. The Hall–Kier alpha value is -2.60. The molecule has 2 aliphatic heterocycles. The highest BCUT2D eigenvalue weighted by Crippen LogP contribution is 2.24. The first-order chi connectivity index (χ1) is 14.1. The van der Waals surface area contributed by atoms with Crippen LogP contribution in [0.4, 0.5) is 17.1 Å². The maximum absolute atomic E-state index is 12.7. The Bertz CT molecular complexity index is 821. The number of anilines is 3. The van der Waals surface area contributed by atoms with E-state index >= 15 is 0 Å². The molecular weight excluding hydrogens is 362 g/mol. The number of rotatable bonds is 4. The number of nitrogens with one attached hydrogen (secondary N) is 1. The lowest BCUT2D eigenvalue weighted by Gasteiger charge is -2.34. The van der Waals surface area contributed by atoms with Crippen LogP contribution in [0.25, 0.3) is 0 Å². The summed E-state index contributed by atoms with van der Waals surface area (Å²) in [6.07, 6.45) is 5.88. The maximum Gasteiger partial charge on any atom is 0.257 e. The zero-order valence-corrected chi connectivity index (χ0v) is 17.5. The molecule has 4 rings (SSSR count). The molecule has 0 bridgehead atoms. The topological polar surface area (TPSA) is 51.7 Å². The zero-order chi connectivity index (χ0) is 20.2. The van der Waals surface area contributed by atoms with Crippen molar-refractivity contribution in [1.82, 2.24) is 9.88 Å². The number of carbonyl (C=O) groups is 1. The number of likely N-dealkylation sites (N-methyl/N-ethyl adjacent to an activating group) is 1. The van der Waals surface area contributed by atoms with E-state index in [4.69, 9.17) is 0 Å². The van der Waals surface area contributed by atoms with E-state index in [1.165, 1.54) is 18.5 Å². The van der Waals surface area contributed by atoms with Crippen LogP contribution in [0.3, 0.4) is 0 Å². The second-order valence-electron chi connectivity index (χ2n) is 8.39.